The van der Waals surface area contributed by atoms with Crippen LogP contribution in [0.3, 0.4) is 0 Å². The van der Waals surface area contributed by atoms with Crippen molar-refractivity contribution >= 4 is 5.78 Å². The number of aryl methyl sites for hydroxylation is 2. The van der Waals surface area contributed by atoms with Crippen LogP contribution in [0.2, 0.25) is 0 Å². The smallest absolute Gasteiger partial charge is 0.132 e. The molecule has 112 valence electrons. The summed E-state index contributed by atoms with van der Waals surface area (Å²) in [4.78, 5) is 11.5. The van der Waals surface area contributed by atoms with Gasteiger partial charge in [-0.05, 0) is 44.6 Å². The first kappa shape index (κ1) is 15.2. The van der Waals surface area contributed by atoms with Crippen LogP contribution in [0, 0.1) is 12.8 Å². The Labute approximate surface area is 121 Å². The zero-order valence-electron chi connectivity index (χ0n) is 12.7. The molecule has 0 N–H and O–H groups in total. The number of carbonyl (C=O) groups is 1. The first-order valence-corrected chi connectivity index (χ1v) is 7.81. The third-order valence-electron chi connectivity index (χ3n) is 3.91. The lowest BCUT2D eigenvalue weighted by atomic mass is 10.0. The maximum atomic E-state index is 11.5. The summed E-state index contributed by atoms with van der Waals surface area (Å²) in [5.41, 5.74) is 2.36. The van der Waals surface area contributed by atoms with E-state index in [9.17, 15) is 4.79 Å². The zero-order valence-corrected chi connectivity index (χ0v) is 12.7. The Morgan fingerprint density at radius 1 is 1.50 bits per heavy atom. The van der Waals surface area contributed by atoms with Gasteiger partial charge in [0.05, 0.1) is 5.69 Å². The predicted molar refractivity (Wildman–Crippen MR) is 78.7 cm³/mol. The summed E-state index contributed by atoms with van der Waals surface area (Å²) in [6.07, 6.45) is 5.41. The molecule has 0 aromatic carbocycles. The molecular formula is C16H26N2O2. The lowest BCUT2D eigenvalue weighted by Gasteiger charge is -2.05. The SMILES string of the molecule is CCCC(=O)CCCn1nc(CC2CCOC2)cc1C. The molecular weight excluding hydrogens is 252 g/mol. The average Bonchev–Trinajstić information content (AvgIpc) is 3.01. The third-order valence-corrected chi connectivity index (χ3v) is 3.91. The number of ether oxygens (including phenoxy) is 1. The van der Waals surface area contributed by atoms with Gasteiger partial charge in [0, 0.05) is 38.3 Å². The van der Waals surface area contributed by atoms with Gasteiger partial charge in [-0.15, -0.1) is 0 Å². The first-order valence-electron chi connectivity index (χ1n) is 7.81. The molecule has 1 aliphatic heterocycles. The van der Waals surface area contributed by atoms with Gasteiger partial charge in [-0.3, -0.25) is 9.48 Å². The molecule has 1 unspecified atom stereocenters. The lowest BCUT2D eigenvalue weighted by Crippen LogP contribution is -2.07. The van der Waals surface area contributed by atoms with Crippen molar-refractivity contribution in [3.63, 3.8) is 0 Å². The highest BCUT2D eigenvalue weighted by atomic mass is 16.5. The van der Waals surface area contributed by atoms with Gasteiger partial charge >= 0.3 is 0 Å². The molecule has 0 aliphatic carbocycles. The number of rotatable bonds is 8. The summed E-state index contributed by atoms with van der Waals surface area (Å²) < 4.78 is 7.45. The molecule has 4 nitrogen and oxygen atoms in total. The van der Waals surface area contributed by atoms with E-state index >= 15 is 0 Å². The van der Waals surface area contributed by atoms with Crippen molar-refractivity contribution in [3.05, 3.63) is 17.5 Å². The van der Waals surface area contributed by atoms with E-state index in [0.717, 1.165) is 51.1 Å². The van der Waals surface area contributed by atoms with E-state index in [0.29, 0.717) is 24.5 Å². The second-order valence-electron chi connectivity index (χ2n) is 5.83. The van der Waals surface area contributed by atoms with E-state index in [-0.39, 0.29) is 0 Å². The predicted octanol–water partition coefficient (Wildman–Crippen LogP) is 2.92. The molecule has 0 spiro atoms. The molecule has 1 aromatic heterocycles. The van der Waals surface area contributed by atoms with Crippen molar-refractivity contribution in [2.45, 2.75) is 58.9 Å². The van der Waals surface area contributed by atoms with Gasteiger partial charge in [0.25, 0.3) is 0 Å². The van der Waals surface area contributed by atoms with Gasteiger partial charge in [-0.1, -0.05) is 6.92 Å². The summed E-state index contributed by atoms with van der Waals surface area (Å²) in [6, 6.07) is 2.17. The molecule has 1 saturated heterocycles. The average molecular weight is 278 g/mol. The monoisotopic (exact) mass is 278 g/mol. The Hall–Kier alpha value is -1.16. The fourth-order valence-electron chi connectivity index (χ4n) is 2.77. The Morgan fingerprint density at radius 2 is 2.35 bits per heavy atom. The summed E-state index contributed by atoms with van der Waals surface area (Å²) >= 11 is 0. The number of ketones is 1. The van der Waals surface area contributed by atoms with Crippen molar-refractivity contribution in [2.75, 3.05) is 13.2 Å². The molecule has 2 heterocycles. The molecule has 4 heteroatoms. The molecule has 0 radical (unpaired) electrons. The molecule has 0 saturated carbocycles. The summed E-state index contributed by atoms with van der Waals surface area (Å²) in [5, 5.41) is 4.67. The number of Topliss-reactive ketones (excluding diaryl/α,β-unsaturated/α-hetero) is 1. The maximum Gasteiger partial charge on any atom is 0.132 e. The molecule has 2 rings (SSSR count). The number of hydrogen-bond donors (Lipinski definition) is 0. The molecule has 1 atom stereocenters. The van der Waals surface area contributed by atoms with Crippen molar-refractivity contribution in [3.8, 4) is 0 Å². The second-order valence-corrected chi connectivity index (χ2v) is 5.83. The fraction of sp³-hybridized carbons (Fsp3) is 0.750. The zero-order chi connectivity index (χ0) is 14.4. The molecule has 1 aliphatic rings. The molecule has 0 bridgehead atoms. The van der Waals surface area contributed by atoms with E-state index in [1.807, 2.05) is 4.68 Å². The van der Waals surface area contributed by atoms with Gasteiger partial charge < -0.3 is 4.74 Å². The van der Waals surface area contributed by atoms with E-state index < -0.39 is 0 Å². The molecule has 1 aromatic rings. The van der Waals surface area contributed by atoms with Gasteiger partial charge in [0.15, 0.2) is 0 Å². The van der Waals surface area contributed by atoms with Crippen LogP contribution in [-0.2, 0) is 22.5 Å². The Balaban J connectivity index is 1.79. The van der Waals surface area contributed by atoms with Crippen LogP contribution in [0.15, 0.2) is 6.07 Å². The maximum absolute atomic E-state index is 11.5. The van der Waals surface area contributed by atoms with Gasteiger partial charge in [-0.25, -0.2) is 0 Å². The number of nitrogens with zero attached hydrogens (tertiary/aromatic N) is 2. The Bertz CT molecular complexity index is 434. The highest BCUT2D eigenvalue weighted by molar-refractivity contribution is 5.78. The van der Waals surface area contributed by atoms with E-state index in [4.69, 9.17) is 4.74 Å². The minimum Gasteiger partial charge on any atom is -0.381 e. The van der Waals surface area contributed by atoms with Crippen LogP contribution >= 0.6 is 0 Å². The van der Waals surface area contributed by atoms with Crippen LogP contribution in [0.25, 0.3) is 0 Å². The van der Waals surface area contributed by atoms with Gasteiger partial charge in [0.2, 0.25) is 0 Å². The lowest BCUT2D eigenvalue weighted by molar-refractivity contribution is -0.119. The number of aromatic nitrogens is 2. The quantitative estimate of drug-likeness (QED) is 0.734. The summed E-state index contributed by atoms with van der Waals surface area (Å²) in [7, 11) is 0. The van der Waals surface area contributed by atoms with E-state index in [1.165, 1.54) is 5.69 Å². The van der Waals surface area contributed by atoms with Crippen molar-refractivity contribution < 1.29 is 9.53 Å². The minimum atomic E-state index is 0.376. The van der Waals surface area contributed by atoms with Crippen LogP contribution < -0.4 is 0 Å². The van der Waals surface area contributed by atoms with E-state index in [2.05, 4.69) is 25.0 Å². The normalized spacial score (nSPS) is 18.6. The highest BCUT2D eigenvalue weighted by Gasteiger charge is 2.17. The number of hydrogen-bond acceptors (Lipinski definition) is 3. The van der Waals surface area contributed by atoms with Gasteiger partial charge in [0.1, 0.15) is 5.78 Å². The fourth-order valence-corrected chi connectivity index (χ4v) is 2.77. The molecule has 1 fully saturated rings. The number of carbonyl (C=O) groups excluding carboxylic acids is 1. The second kappa shape index (κ2) is 7.58. The van der Waals surface area contributed by atoms with E-state index in [1.54, 1.807) is 0 Å². The van der Waals surface area contributed by atoms with Crippen LogP contribution in [-0.4, -0.2) is 28.8 Å². The van der Waals surface area contributed by atoms with Crippen molar-refractivity contribution in [1.82, 2.24) is 9.78 Å². The molecule has 20 heavy (non-hydrogen) atoms. The van der Waals surface area contributed by atoms with Crippen LogP contribution in [0.4, 0.5) is 0 Å². The van der Waals surface area contributed by atoms with Crippen molar-refractivity contribution in [1.29, 1.82) is 0 Å². The highest BCUT2D eigenvalue weighted by Crippen LogP contribution is 2.18. The van der Waals surface area contributed by atoms with Crippen LogP contribution in [0.5, 0.6) is 0 Å². The van der Waals surface area contributed by atoms with Crippen LogP contribution in [0.1, 0.15) is 50.4 Å². The summed E-state index contributed by atoms with van der Waals surface area (Å²) in [6.45, 7) is 6.76. The standard InChI is InChI=1S/C16H26N2O2/c1-3-5-16(19)6-4-8-18-13(2)10-15(17-18)11-14-7-9-20-12-14/h10,14H,3-9,11-12H2,1-2H3. The Morgan fingerprint density at radius 3 is 3.05 bits per heavy atom. The third kappa shape index (κ3) is 4.44. The first-order chi connectivity index (χ1) is 9.69. The Kier molecular flexibility index (Phi) is 5.77. The largest absolute Gasteiger partial charge is 0.381 e. The molecule has 0 amide bonds. The minimum absolute atomic E-state index is 0.376. The van der Waals surface area contributed by atoms with Crippen molar-refractivity contribution in [2.24, 2.45) is 5.92 Å². The topological polar surface area (TPSA) is 44.1 Å². The van der Waals surface area contributed by atoms with Gasteiger partial charge in [-0.2, -0.15) is 5.10 Å². The summed E-state index contributed by atoms with van der Waals surface area (Å²) in [5.74, 6) is 1.00.